The van der Waals surface area contributed by atoms with Crippen molar-refractivity contribution in [3.8, 4) is 0 Å². The lowest BCUT2D eigenvalue weighted by Gasteiger charge is -2.02. The molecule has 1 aromatic heterocycles. The second-order valence-electron chi connectivity index (χ2n) is 3.62. The van der Waals surface area contributed by atoms with Gasteiger partial charge >= 0.3 is 17.3 Å². The largest absolute Gasteiger partial charge is 0.462 e. The molecule has 0 saturated heterocycles. The molecule has 7 heteroatoms. The van der Waals surface area contributed by atoms with Crippen molar-refractivity contribution in [2.75, 3.05) is 6.61 Å². The molecule has 2 aromatic rings. The van der Waals surface area contributed by atoms with Crippen LogP contribution >= 0.6 is 0 Å². The van der Waals surface area contributed by atoms with Crippen molar-refractivity contribution in [3.05, 3.63) is 50.4 Å². The fourth-order valence-corrected chi connectivity index (χ4v) is 1.62. The third-order valence-corrected chi connectivity index (χ3v) is 2.43. The second-order valence-corrected chi connectivity index (χ2v) is 3.62. The van der Waals surface area contributed by atoms with Crippen molar-refractivity contribution in [3.63, 3.8) is 0 Å². The molecule has 0 bridgehead atoms. The van der Waals surface area contributed by atoms with Crippen LogP contribution in [-0.2, 0) is 4.74 Å². The first-order valence-corrected chi connectivity index (χ1v) is 5.43. The van der Waals surface area contributed by atoms with Gasteiger partial charge in [-0.3, -0.25) is 10.1 Å². The number of nitrogens with zero attached hydrogens (tertiary/aromatic N) is 1. The van der Waals surface area contributed by atoms with Crippen molar-refractivity contribution in [1.29, 1.82) is 0 Å². The Morgan fingerprint density at radius 3 is 2.84 bits per heavy atom. The molecule has 0 spiro atoms. The average molecular weight is 263 g/mol. The molecule has 0 aliphatic carbocycles. The highest BCUT2D eigenvalue weighted by atomic mass is 16.6. The van der Waals surface area contributed by atoms with E-state index >= 15 is 0 Å². The molecule has 2 rings (SSSR count). The minimum atomic E-state index is -0.958. The van der Waals surface area contributed by atoms with Crippen LogP contribution in [-0.4, -0.2) is 17.5 Å². The zero-order valence-electron chi connectivity index (χ0n) is 9.91. The van der Waals surface area contributed by atoms with Gasteiger partial charge in [0.25, 0.3) is 0 Å². The highest BCUT2D eigenvalue weighted by Crippen LogP contribution is 2.24. The lowest BCUT2D eigenvalue weighted by molar-refractivity contribution is -0.383. The molecule has 0 aliphatic rings. The van der Waals surface area contributed by atoms with E-state index in [0.717, 1.165) is 0 Å². The number of carbonyl (C=O) groups excluding carboxylic acids is 1. The van der Waals surface area contributed by atoms with Crippen LogP contribution in [0.4, 0.5) is 5.69 Å². The van der Waals surface area contributed by atoms with Crippen molar-refractivity contribution < 1.29 is 18.9 Å². The van der Waals surface area contributed by atoms with E-state index in [4.69, 9.17) is 9.15 Å². The quantitative estimate of drug-likeness (QED) is 0.362. The number of nitro benzene ring substituents is 1. The molecular formula is C12H9NO6. The number of hydrogen-bond donors (Lipinski definition) is 0. The number of esters is 1. The summed E-state index contributed by atoms with van der Waals surface area (Å²) in [5.41, 5.74) is -1.73. The summed E-state index contributed by atoms with van der Waals surface area (Å²) in [6.07, 6.45) is 0. The molecule has 1 heterocycles. The SMILES string of the molecule is CCOC(=O)c1cc2cccc([N+](=O)[O-])c2oc1=O. The van der Waals surface area contributed by atoms with E-state index in [9.17, 15) is 19.7 Å². The molecule has 7 nitrogen and oxygen atoms in total. The van der Waals surface area contributed by atoms with Crippen LogP contribution in [0.3, 0.4) is 0 Å². The summed E-state index contributed by atoms with van der Waals surface area (Å²) >= 11 is 0. The van der Waals surface area contributed by atoms with Gasteiger partial charge in [0.2, 0.25) is 5.58 Å². The number of rotatable bonds is 3. The number of non-ortho nitro benzene ring substituents is 1. The summed E-state index contributed by atoms with van der Waals surface area (Å²) in [6, 6.07) is 5.39. The summed E-state index contributed by atoms with van der Waals surface area (Å²) in [6.45, 7) is 1.72. The van der Waals surface area contributed by atoms with Gasteiger partial charge in [0, 0.05) is 11.5 Å². The number of hydrogen-bond acceptors (Lipinski definition) is 6. The van der Waals surface area contributed by atoms with E-state index in [2.05, 4.69) is 0 Å². The Morgan fingerprint density at radius 1 is 1.47 bits per heavy atom. The van der Waals surface area contributed by atoms with Crippen molar-refractivity contribution in [1.82, 2.24) is 0 Å². The zero-order chi connectivity index (χ0) is 14.0. The molecule has 0 atom stereocenters. The number of benzene rings is 1. The lowest BCUT2D eigenvalue weighted by Crippen LogP contribution is -2.16. The van der Waals surface area contributed by atoms with E-state index in [0.29, 0.717) is 0 Å². The van der Waals surface area contributed by atoms with Crippen LogP contribution in [0, 0.1) is 10.1 Å². The van der Waals surface area contributed by atoms with Crippen LogP contribution in [0.1, 0.15) is 17.3 Å². The van der Waals surface area contributed by atoms with Gasteiger partial charge in [0.15, 0.2) is 0 Å². The number of fused-ring (bicyclic) bond motifs is 1. The molecule has 0 N–H and O–H groups in total. The minimum Gasteiger partial charge on any atom is -0.462 e. The number of para-hydroxylation sites is 1. The fourth-order valence-electron chi connectivity index (χ4n) is 1.62. The van der Waals surface area contributed by atoms with Crippen LogP contribution in [0.5, 0.6) is 0 Å². The molecule has 0 fully saturated rings. The van der Waals surface area contributed by atoms with E-state index in [-0.39, 0.29) is 28.8 Å². The van der Waals surface area contributed by atoms with Crippen LogP contribution < -0.4 is 5.63 Å². The number of carbonyl (C=O) groups is 1. The van der Waals surface area contributed by atoms with Crippen molar-refractivity contribution in [2.24, 2.45) is 0 Å². The predicted molar refractivity (Wildman–Crippen MR) is 65.1 cm³/mol. The highest BCUT2D eigenvalue weighted by molar-refractivity contribution is 5.94. The van der Waals surface area contributed by atoms with E-state index in [1.165, 1.54) is 24.3 Å². The molecule has 1 aromatic carbocycles. The van der Waals surface area contributed by atoms with Gasteiger partial charge in [-0.05, 0) is 13.0 Å². The van der Waals surface area contributed by atoms with Gasteiger partial charge in [-0.1, -0.05) is 12.1 Å². The van der Waals surface area contributed by atoms with Crippen LogP contribution in [0.2, 0.25) is 0 Å². The Balaban J connectivity index is 2.68. The zero-order valence-corrected chi connectivity index (χ0v) is 9.91. The van der Waals surface area contributed by atoms with E-state index < -0.39 is 16.5 Å². The Bertz CT molecular complexity index is 718. The average Bonchev–Trinajstić information content (AvgIpc) is 2.37. The first-order chi connectivity index (χ1) is 9.04. The third kappa shape index (κ3) is 2.30. The first kappa shape index (κ1) is 12.7. The number of ether oxygens (including phenoxy) is 1. The maximum atomic E-state index is 11.6. The summed E-state index contributed by atoms with van der Waals surface area (Å²) in [4.78, 5) is 33.3. The van der Waals surface area contributed by atoms with Gasteiger partial charge in [-0.15, -0.1) is 0 Å². The summed E-state index contributed by atoms with van der Waals surface area (Å²) in [5, 5.41) is 11.1. The summed E-state index contributed by atoms with van der Waals surface area (Å²) in [7, 11) is 0. The van der Waals surface area contributed by atoms with Gasteiger partial charge in [0.1, 0.15) is 5.56 Å². The molecule has 0 aliphatic heterocycles. The first-order valence-electron chi connectivity index (χ1n) is 5.43. The molecular weight excluding hydrogens is 254 g/mol. The predicted octanol–water partition coefficient (Wildman–Crippen LogP) is 1.88. The van der Waals surface area contributed by atoms with Crippen LogP contribution in [0.15, 0.2) is 33.5 Å². The third-order valence-electron chi connectivity index (χ3n) is 2.43. The molecule has 0 amide bonds. The lowest BCUT2D eigenvalue weighted by atomic mass is 10.1. The highest BCUT2D eigenvalue weighted by Gasteiger charge is 2.19. The van der Waals surface area contributed by atoms with Gasteiger partial charge < -0.3 is 9.15 Å². The van der Waals surface area contributed by atoms with Crippen molar-refractivity contribution >= 4 is 22.6 Å². The molecule has 0 unspecified atom stereocenters. The molecule has 0 saturated carbocycles. The van der Waals surface area contributed by atoms with E-state index in [1.807, 2.05) is 0 Å². The molecule has 19 heavy (non-hydrogen) atoms. The smallest absolute Gasteiger partial charge is 0.351 e. The minimum absolute atomic E-state index is 0.116. The topological polar surface area (TPSA) is 99.7 Å². The van der Waals surface area contributed by atoms with E-state index in [1.54, 1.807) is 6.92 Å². The molecule has 98 valence electrons. The second kappa shape index (κ2) is 4.89. The maximum absolute atomic E-state index is 11.6. The molecule has 0 radical (unpaired) electrons. The maximum Gasteiger partial charge on any atom is 0.351 e. The number of nitro groups is 1. The normalized spacial score (nSPS) is 10.4. The Labute approximate surface area is 106 Å². The van der Waals surface area contributed by atoms with Gasteiger partial charge in [-0.25, -0.2) is 9.59 Å². The Hall–Kier alpha value is -2.70. The van der Waals surface area contributed by atoms with Crippen LogP contribution in [0.25, 0.3) is 11.0 Å². The Kier molecular flexibility index (Phi) is 3.28. The van der Waals surface area contributed by atoms with Gasteiger partial charge in [-0.2, -0.15) is 0 Å². The summed E-state index contributed by atoms with van der Waals surface area (Å²) < 4.78 is 9.56. The fraction of sp³-hybridized carbons (Fsp3) is 0.167. The standard InChI is InChI=1S/C12H9NO6/c1-2-18-11(14)8-6-7-4-3-5-9(13(16)17)10(7)19-12(8)15/h3-6H,2H2,1H3. The Morgan fingerprint density at radius 2 is 2.21 bits per heavy atom. The monoisotopic (exact) mass is 263 g/mol. The van der Waals surface area contributed by atoms with Gasteiger partial charge in [0.05, 0.1) is 11.5 Å². The van der Waals surface area contributed by atoms with Crippen molar-refractivity contribution in [2.45, 2.75) is 6.92 Å². The summed E-state index contributed by atoms with van der Waals surface area (Å²) in [5.74, 6) is -0.815.